The Bertz CT molecular complexity index is 776. The molecule has 0 heterocycles. The van der Waals surface area contributed by atoms with Crippen molar-refractivity contribution in [1.29, 1.82) is 0 Å². The van der Waals surface area contributed by atoms with E-state index in [2.05, 4.69) is 76.2 Å². The highest BCUT2D eigenvalue weighted by Crippen LogP contribution is 2.54. The Labute approximate surface area is 158 Å². The molecule has 1 nitrogen and oxygen atoms in total. The molecule has 0 aromatic heterocycles. The SMILES string of the molecule is CCCC.Cc1ccc(OC2=CC=C(c3ccc(C)cc3)C3CC23)cc1. The van der Waals surface area contributed by atoms with E-state index in [0.29, 0.717) is 11.8 Å². The van der Waals surface area contributed by atoms with Crippen molar-refractivity contribution >= 4 is 5.57 Å². The topological polar surface area (TPSA) is 9.23 Å². The molecule has 0 aliphatic heterocycles. The van der Waals surface area contributed by atoms with Gasteiger partial charge in [-0.3, -0.25) is 0 Å². The van der Waals surface area contributed by atoms with Crippen LogP contribution in [0.3, 0.4) is 0 Å². The van der Waals surface area contributed by atoms with E-state index in [0.717, 1.165) is 11.5 Å². The van der Waals surface area contributed by atoms with Crippen LogP contribution in [0.15, 0.2) is 66.4 Å². The molecule has 0 radical (unpaired) electrons. The minimum Gasteiger partial charge on any atom is -0.461 e. The van der Waals surface area contributed by atoms with Gasteiger partial charge in [-0.25, -0.2) is 0 Å². The summed E-state index contributed by atoms with van der Waals surface area (Å²) in [4.78, 5) is 0. The summed E-state index contributed by atoms with van der Waals surface area (Å²) < 4.78 is 6.08. The second-order valence-corrected chi connectivity index (χ2v) is 7.42. The summed E-state index contributed by atoms with van der Waals surface area (Å²) in [5.41, 5.74) is 5.38. The zero-order chi connectivity index (χ0) is 18.5. The monoisotopic (exact) mass is 346 g/mol. The molecular weight excluding hydrogens is 316 g/mol. The first-order valence-electron chi connectivity index (χ1n) is 9.85. The zero-order valence-corrected chi connectivity index (χ0v) is 16.5. The number of aryl methyl sites for hydroxylation is 2. The molecule has 136 valence electrons. The summed E-state index contributed by atoms with van der Waals surface area (Å²) in [5, 5.41) is 0. The fraction of sp³-hybridized carbons (Fsp3) is 0.360. The van der Waals surface area contributed by atoms with Crippen molar-refractivity contribution < 1.29 is 4.74 Å². The molecule has 0 bridgehead atoms. The Morgan fingerprint density at radius 3 is 1.92 bits per heavy atom. The first-order valence-corrected chi connectivity index (χ1v) is 9.85. The highest BCUT2D eigenvalue weighted by atomic mass is 16.5. The quantitative estimate of drug-likeness (QED) is 0.573. The average Bonchev–Trinajstić information content (AvgIpc) is 3.46. The van der Waals surface area contributed by atoms with Gasteiger partial charge in [-0.1, -0.05) is 80.3 Å². The Hall–Kier alpha value is -2.28. The summed E-state index contributed by atoms with van der Waals surface area (Å²) in [6.07, 6.45) is 8.24. The first kappa shape index (κ1) is 18.5. The number of ether oxygens (including phenoxy) is 1. The lowest BCUT2D eigenvalue weighted by molar-refractivity contribution is 0.390. The van der Waals surface area contributed by atoms with E-state index in [1.165, 1.54) is 41.5 Å². The second kappa shape index (κ2) is 8.40. The van der Waals surface area contributed by atoms with Gasteiger partial charge >= 0.3 is 0 Å². The van der Waals surface area contributed by atoms with Gasteiger partial charge in [-0.2, -0.15) is 0 Å². The van der Waals surface area contributed by atoms with E-state index < -0.39 is 0 Å². The van der Waals surface area contributed by atoms with E-state index in [9.17, 15) is 0 Å². The fourth-order valence-corrected chi connectivity index (χ4v) is 3.18. The third-order valence-corrected chi connectivity index (χ3v) is 5.12. The molecule has 2 unspecified atom stereocenters. The van der Waals surface area contributed by atoms with Crippen molar-refractivity contribution in [3.8, 4) is 5.75 Å². The molecule has 0 amide bonds. The molecule has 4 rings (SSSR count). The number of fused-ring (bicyclic) bond motifs is 1. The minimum absolute atomic E-state index is 0.558. The Balaban J connectivity index is 0.000000447. The predicted octanol–water partition coefficient (Wildman–Crippen LogP) is 7.11. The van der Waals surface area contributed by atoms with Crippen molar-refractivity contribution in [1.82, 2.24) is 0 Å². The molecule has 0 spiro atoms. The summed E-state index contributed by atoms with van der Waals surface area (Å²) >= 11 is 0. The molecular formula is C25H30O. The van der Waals surface area contributed by atoms with Gasteiger partial charge in [-0.05, 0) is 55.5 Å². The normalized spacial score (nSPS) is 20.2. The lowest BCUT2D eigenvalue weighted by atomic mass is 9.95. The van der Waals surface area contributed by atoms with Crippen molar-refractivity contribution in [3.05, 3.63) is 83.1 Å². The lowest BCUT2D eigenvalue weighted by Crippen LogP contribution is -2.04. The zero-order valence-electron chi connectivity index (χ0n) is 16.5. The number of unbranched alkanes of at least 4 members (excludes halogenated alkanes) is 1. The maximum Gasteiger partial charge on any atom is 0.126 e. The molecule has 2 aromatic rings. The van der Waals surface area contributed by atoms with Gasteiger partial charge in [0.1, 0.15) is 11.5 Å². The lowest BCUT2D eigenvalue weighted by Gasteiger charge is -2.15. The van der Waals surface area contributed by atoms with E-state index in [1.807, 2.05) is 12.1 Å². The first-order chi connectivity index (χ1) is 12.6. The molecule has 2 aliphatic carbocycles. The molecule has 0 N–H and O–H groups in total. The van der Waals surface area contributed by atoms with Crippen LogP contribution >= 0.6 is 0 Å². The molecule has 26 heavy (non-hydrogen) atoms. The Morgan fingerprint density at radius 2 is 1.35 bits per heavy atom. The average molecular weight is 347 g/mol. The Kier molecular flexibility index (Phi) is 5.98. The van der Waals surface area contributed by atoms with Gasteiger partial charge in [0.2, 0.25) is 0 Å². The standard InChI is InChI=1S/C21H20O.C4H10/c1-14-3-7-16(8-4-14)18-11-12-21(20-13-19(18)20)22-17-9-5-15(2)6-10-17;1-3-4-2/h3-12,19-20H,13H2,1-2H3;3-4H2,1-2H3. The molecule has 2 aromatic carbocycles. The smallest absolute Gasteiger partial charge is 0.126 e. The number of benzene rings is 2. The third-order valence-electron chi connectivity index (χ3n) is 5.12. The maximum absolute atomic E-state index is 6.08. The van der Waals surface area contributed by atoms with Gasteiger partial charge in [0, 0.05) is 5.92 Å². The summed E-state index contributed by atoms with van der Waals surface area (Å²) in [7, 11) is 0. The van der Waals surface area contributed by atoms with Crippen LogP contribution in [0.2, 0.25) is 0 Å². The van der Waals surface area contributed by atoms with Gasteiger partial charge < -0.3 is 4.74 Å². The molecule has 0 saturated heterocycles. The predicted molar refractivity (Wildman–Crippen MR) is 111 cm³/mol. The summed E-state index contributed by atoms with van der Waals surface area (Å²) in [6.45, 7) is 8.59. The molecule has 1 heteroatoms. The van der Waals surface area contributed by atoms with Gasteiger partial charge in [-0.15, -0.1) is 0 Å². The number of hydrogen-bond donors (Lipinski definition) is 0. The molecule has 2 atom stereocenters. The van der Waals surface area contributed by atoms with Gasteiger partial charge in [0.05, 0.1) is 0 Å². The summed E-state index contributed by atoms with van der Waals surface area (Å²) in [6, 6.07) is 17.1. The van der Waals surface area contributed by atoms with Gasteiger partial charge in [0.25, 0.3) is 0 Å². The van der Waals surface area contributed by atoms with Gasteiger partial charge in [0.15, 0.2) is 0 Å². The maximum atomic E-state index is 6.08. The van der Waals surface area contributed by atoms with Crippen LogP contribution < -0.4 is 4.74 Å². The van der Waals surface area contributed by atoms with Crippen molar-refractivity contribution in [2.45, 2.75) is 47.0 Å². The van der Waals surface area contributed by atoms with Crippen LogP contribution in [0.5, 0.6) is 5.75 Å². The van der Waals surface area contributed by atoms with Crippen molar-refractivity contribution in [3.63, 3.8) is 0 Å². The largest absolute Gasteiger partial charge is 0.461 e. The highest BCUT2D eigenvalue weighted by molar-refractivity contribution is 5.73. The van der Waals surface area contributed by atoms with Crippen LogP contribution in [0, 0.1) is 25.7 Å². The second-order valence-electron chi connectivity index (χ2n) is 7.42. The molecule has 2 aliphatic rings. The Morgan fingerprint density at radius 1 is 0.769 bits per heavy atom. The molecule has 1 saturated carbocycles. The van der Waals surface area contributed by atoms with Crippen molar-refractivity contribution in [2.24, 2.45) is 11.8 Å². The van der Waals surface area contributed by atoms with E-state index >= 15 is 0 Å². The van der Waals surface area contributed by atoms with E-state index in [-0.39, 0.29) is 0 Å². The summed E-state index contributed by atoms with van der Waals surface area (Å²) in [5.74, 6) is 3.25. The van der Waals surface area contributed by atoms with E-state index in [4.69, 9.17) is 4.74 Å². The van der Waals surface area contributed by atoms with Crippen LogP contribution in [-0.4, -0.2) is 0 Å². The van der Waals surface area contributed by atoms with Crippen LogP contribution in [0.4, 0.5) is 0 Å². The number of rotatable bonds is 4. The van der Waals surface area contributed by atoms with Crippen LogP contribution in [-0.2, 0) is 0 Å². The van der Waals surface area contributed by atoms with E-state index in [1.54, 1.807) is 0 Å². The van der Waals surface area contributed by atoms with Crippen molar-refractivity contribution in [2.75, 3.05) is 0 Å². The number of hydrogen-bond acceptors (Lipinski definition) is 1. The molecule has 1 fully saturated rings. The highest BCUT2D eigenvalue weighted by Gasteiger charge is 2.45. The third kappa shape index (κ3) is 4.46. The minimum atomic E-state index is 0.558. The number of allylic oxidation sites excluding steroid dienone is 4. The fourth-order valence-electron chi connectivity index (χ4n) is 3.18. The van der Waals surface area contributed by atoms with Crippen LogP contribution in [0.25, 0.3) is 5.57 Å². The van der Waals surface area contributed by atoms with Crippen LogP contribution in [0.1, 0.15) is 49.8 Å².